The Morgan fingerprint density at radius 2 is 2.31 bits per heavy atom. The maximum atomic E-state index is 5.44. The molecule has 0 spiro atoms. The minimum atomic E-state index is 0.430. The molecule has 2 aromatic rings. The molecular formula is C10H13N3O2S. The van der Waals surface area contributed by atoms with E-state index in [0.717, 1.165) is 12.2 Å². The topological polar surface area (TPSA) is 78.1 Å². The van der Waals surface area contributed by atoms with Gasteiger partial charge in [0.1, 0.15) is 0 Å². The summed E-state index contributed by atoms with van der Waals surface area (Å²) < 4.78 is 10.6. The lowest BCUT2D eigenvalue weighted by Crippen LogP contribution is -1.99. The van der Waals surface area contributed by atoms with Crippen LogP contribution in [-0.2, 0) is 5.75 Å². The van der Waals surface area contributed by atoms with Crippen LogP contribution >= 0.6 is 11.8 Å². The van der Waals surface area contributed by atoms with Gasteiger partial charge in [0.2, 0.25) is 5.89 Å². The molecule has 0 fully saturated rings. The van der Waals surface area contributed by atoms with E-state index in [1.807, 2.05) is 0 Å². The van der Waals surface area contributed by atoms with E-state index in [1.165, 1.54) is 0 Å². The zero-order chi connectivity index (χ0) is 11.2. The number of hydrogen-bond donors (Lipinski definition) is 1. The van der Waals surface area contributed by atoms with E-state index in [-0.39, 0.29) is 0 Å². The Morgan fingerprint density at radius 3 is 3.06 bits per heavy atom. The van der Waals surface area contributed by atoms with Crippen LogP contribution in [0, 0.1) is 0 Å². The number of aromatic nitrogens is 2. The smallest absolute Gasteiger partial charge is 0.283 e. The van der Waals surface area contributed by atoms with Crippen LogP contribution in [0.5, 0.6) is 0 Å². The van der Waals surface area contributed by atoms with Gasteiger partial charge in [-0.2, -0.15) is 11.8 Å². The molecule has 0 unspecified atom stereocenters. The minimum absolute atomic E-state index is 0.430. The molecule has 86 valence electrons. The summed E-state index contributed by atoms with van der Waals surface area (Å²) in [6.45, 7) is 0.717. The highest BCUT2D eigenvalue weighted by Gasteiger charge is 2.10. The van der Waals surface area contributed by atoms with Gasteiger partial charge in [-0.05, 0) is 30.9 Å². The van der Waals surface area contributed by atoms with Crippen LogP contribution in [0.15, 0.2) is 27.2 Å². The van der Waals surface area contributed by atoms with Crippen LogP contribution in [0.1, 0.15) is 12.3 Å². The van der Waals surface area contributed by atoms with Gasteiger partial charge in [0.15, 0.2) is 5.76 Å². The van der Waals surface area contributed by atoms with Crippen LogP contribution in [-0.4, -0.2) is 22.5 Å². The highest BCUT2D eigenvalue weighted by molar-refractivity contribution is 7.98. The van der Waals surface area contributed by atoms with Crippen LogP contribution in [0.3, 0.4) is 0 Å². The van der Waals surface area contributed by atoms with E-state index in [4.69, 9.17) is 14.6 Å². The summed E-state index contributed by atoms with van der Waals surface area (Å²) in [7, 11) is 0. The van der Waals surface area contributed by atoms with Crippen LogP contribution in [0.25, 0.3) is 11.7 Å². The quantitative estimate of drug-likeness (QED) is 0.776. The number of hydrogen-bond acceptors (Lipinski definition) is 6. The highest BCUT2D eigenvalue weighted by atomic mass is 32.2. The molecule has 0 amide bonds. The Balaban J connectivity index is 1.88. The van der Waals surface area contributed by atoms with Gasteiger partial charge in [-0.25, -0.2) is 0 Å². The van der Waals surface area contributed by atoms with Crippen molar-refractivity contribution in [2.75, 3.05) is 12.3 Å². The molecule has 6 heteroatoms. The molecule has 0 aliphatic carbocycles. The molecule has 5 nitrogen and oxygen atoms in total. The largest absolute Gasteiger partial charge is 0.459 e. The summed E-state index contributed by atoms with van der Waals surface area (Å²) in [4.78, 5) is 0. The first-order valence-electron chi connectivity index (χ1n) is 5.04. The molecule has 0 atom stereocenters. The minimum Gasteiger partial charge on any atom is -0.459 e. The molecule has 0 aliphatic rings. The second kappa shape index (κ2) is 5.72. The normalized spacial score (nSPS) is 10.8. The van der Waals surface area contributed by atoms with Crippen molar-refractivity contribution < 1.29 is 8.83 Å². The molecule has 2 aromatic heterocycles. The fourth-order valence-electron chi connectivity index (χ4n) is 1.16. The lowest BCUT2D eigenvalue weighted by atomic mass is 10.5. The van der Waals surface area contributed by atoms with Crippen LogP contribution in [0.2, 0.25) is 0 Å². The second-order valence-electron chi connectivity index (χ2n) is 3.17. The molecule has 0 saturated heterocycles. The first-order chi connectivity index (χ1) is 7.90. The van der Waals surface area contributed by atoms with Crippen LogP contribution in [0.4, 0.5) is 0 Å². The summed E-state index contributed by atoms with van der Waals surface area (Å²) in [5.41, 5.74) is 5.40. The lowest BCUT2D eigenvalue weighted by molar-refractivity contribution is 0.494. The third kappa shape index (κ3) is 2.86. The molecule has 0 saturated carbocycles. The second-order valence-corrected chi connectivity index (χ2v) is 4.28. The van der Waals surface area contributed by atoms with E-state index in [1.54, 1.807) is 30.2 Å². The molecule has 2 rings (SSSR count). The van der Waals surface area contributed by atoms with Crippen molar-refractivity contribution in [3.63, 3.8) is 0 Å². The first kappa shape index (κ1) is 11.2. The third-order valence-electron chi connectivity index (χ3n) is 1.92. The molecule has 0 radical (unpaired) electrons. The zero-order valence-corrected chi connectivity index (χ0v) is 9.57. The Bertz CT molecular complexity index is 413. The maximum Gasteiger partial charge on any atom is 0.283 e. The molecule has 2 heterocycles. The molecular weight excluding hydrogens is 226 g/mol. The number of nitrogens with zero attached hydrogens (tertiary/aromatic N) is 2. The van der Waals surface area contributed by atoms with E-state index in [9.17, 15) is 0 Å². The van der Waals surface area contributed by atoms with Crippen molar-refractivity contribution in [3.05, 3.63) is 24.3 Å². The van der Waals surface area contributed by atoms with Crippen molar-refractivity contribution in [3.8, 4) is 11.7 Å². The number of thioether (sulfide) groups is 1. The molecule has 2 N–H and O–H groups in total. The Kier molecular flexibility index (Phi) is 4.01. The van der Waals surface area contributed by atoms with Crippen molar-refractivity contribution in [1.82, 2.24) is 10.2 Å². The zero-order valence-electron chi connectivity index (χ0n) is 8.76. The van der Waals surface area contributed by atoms with Gasteiger partial charge in [0.05, 0.1) is 12.0 Å². The van der Waals surface area contributed by atoms with Crippen molar-refractivity contribution in [1.29, 1.82) is 0 Å². The Hall–Kier alpha value is -1.27. The van der Waals surface area contributed by atoms with Gasteiger partial charge in [0.25, 0.3) is 5.89 Å². The number of nitrogens with two attached hydrogens (primary N) is 1. The van der Waals surface area contributed by atoms with Gasteiger partial charge in [-0.1, -0.05) is 0 Å². The lowest BCUT2D eigenvalue weighted by Gasteiger charge is -1.94. The maximum absolute atomic E-state index is 5.44. The van der Waals surface area contributed by atoms with Crippen molar-refractivity contribution >= 4 is 11.8 Å². The third-order valence-corrected chi connectivity index (χ3v) is 2.95. The highest BCUT2D eigenvalue weighted by Crippen LogP contribution is 2.20. The van der Waals surface area contributed by atoms with Gasteiger partial charge < -0.3 is 14.6 Å². The fourth-order valence-corrected chi connectivity index (χ4v) is 1.96. The van der Waals surface area contributed by atoms with E-state index in [0.29, 0.717) is 29.8 Å². The standard InChI is InChI=1S/C10H13N3O2S/c11-4-2-6-16-7-9-12-13-10(15-9)8-3-1-5-14-8/h1,3,5H,2,4,6-7,11H2. The molecule has 0 aromatic carbocycles. The van der Waals surface area contributed by atoms with Gasteiger partial charge >= 0.3 is 0 Å². The summed E-state index contributed by atoms with van der Waals surface area (Å²) in [6, 6.07) is 3.58. The SMILES string of the molecule is NCCCSCc1nnc(-c2ccco2)o1. The summed E-state index contributed by atoms with van der Waals surface area (Å²) in [6.07, 6.45) is 2.58. The van der Waals surface area contributed by atoms with Gasteiger partial charge in [0, 0.05) is 0 Å². The number of furan rings is 1. The molecule has 0 bridgehead atoms. The first-order valence-corrected chi connectivity index (χ1v) is 6.19. The monoisotopic (exact) mass is 239 g/mol. The summed E-state index contributed by atoms with van der Waals surface area (Å²) in [5, 5.41) is 7.85. The van der Waals surface area contributed by atoms with Gasteiger partial charge in [-0.3, -0.25) is 0 Å². The van der Waals surface area contributed by atoms with E-state index >= 15 is 0 Å². The van der Waals surface area contributed by atoms with E-state index in [2.05, 4.69) is 10.2 Å². The summed E-state index contributed by atoms with van der Waals surface area (Å²) >= 11 is 1.73. The summed E-state index contributed by atoms with van der Waals surface area (Å²) in [5.74, 6) is 3.38. The molecule has 0 aliphatic heterocycles. The Morgan fingerprint density at radius 1 is 1.38 bits per heavy atom. The van der Waals surface area contributed by atoms with Gasteiger partial charge in [-0.15, -0.1) is 10.2 Å². The average Bonchev–Trinajstić information content (AvgIpc) is 2.94. The van der Waals surface area contributed by atoms with Crippen molar-refractivity contribution in [2.24, 2.45) is 5.73 Å². The Labute approximate surface area is 97.4 Å². The molecule has 16 heavy (non-hydrogen) atoms. The number of rotatable bonds is 6. The fraction of sp³-hybridized carbons (Fsp3) is 0.400. The average molecular weight is 239 g/mol. The van der Waals surface area contributed by atoms with Crippen molar-refractivity contribution in [2.45, 2.75) is 12.2 Å². The predicted molar refractivity (Wildman–Crippen MR) is 61.8 cm³/mol. The van der Waals surface area contributed by atoms with Crippen LogP contribution < -0.4 is 5.73 Å². The predicted octanol–water partition coefficient (Wildman–Crippen LogP) is 1.91. The van der Waals surface area contributed by atoms with E-state index < -0.39 is 0 Å².